The normalized spacial score (nSPS) is 15.1. The van der Waals surface area contributed by atoms with Crippen LogP contribution in [-0.2, 0) is 6.54 Å². The molecule has 1 aliphatic rings. The SMILES string of the molecule is CN(C(=O)c1ccc(=O)n(Cc2cccc(F)c2)n1)C1CCCCC1. The third-order valence-electron chi connectivity index (χ3n) is 4.75. The number of benzene rings is 1. The Bertz CT molecular complexity index is 812. The zero-order chi connectivity index (χ0) is 17.8. The lowest BCUT2D eigenvalue weighted by molar-refractivity contribution is 0.0687. The van der Waals surface area contributed by atoms with E-state index in [1.54, 1.807) is 24.1 Å². The summed E-state index contributed by atoms with van der Waals surface area (Å²) >= 11 is 0. The van der Waals surface area contributed by atoms with Gasteiger partial charge in [0.25, 0.3) is 11.5 Å². The summed E-state index contributed by atoms with van der Waals surface area (Å²) < 4.78 is 14.5. The van der Waals surface area contributed by atoms with Crippen LogP contribution in [0.5, 0.6) is 0 Å². The Hall–Kier alpha value is -2.50. The van der Waals surface area contributed by atoms with Crippen LogP contribution in [0.25, 0.3) is 0 Å². The average molecular weight is 343 g/mol. The Morgan fingerprint density at radius 1 is 1.24 bits per heavy atom. The maximum absolute atomic E-state index is 13.3. The first kappa shape index (κ1) is 17.3. The largest absolute Gasteiger partial charge is 0.337 e. The van der Waals surface area contributed by atoms with E-state index in [2.05, 4.69) is 5.10 Å². The fourth-order valence-electron chi connectivity index (χ4n) is 3.30. The van der Waals surface area contributed by atoms with E-state index in [1.165, 1.54) is 35.4 Å². The molecule has 0 spiro atoms. The molecule has 1 saturated carbocycles. The van der Waals surface area contributed by atoms with E-state index in [0.717, 1.165) is 25.7 Å². The van der Waals surface area contributed by atoms with Gasteiger partial charge in [-0.3, -0.25) is 9.59 Å². The van der Waals surface area contributed by atoms with Gasteiger partial charge in [0, 0.05) is 19.2 Å². The maximum atomic E-state index is 13.3. The monoisotopic (exact) mass is 343 g/mol. The Morgan fingerprint density at radius 3 is 2.72 bits per heavy atom. The van der Waals surface area contributed by atoms with Gasteiger partial charge in [-0.15, -0.1) is 0 Å². The minimum atomic E-state index is -0.366. The van der Waals surface area contributed by atoms with E-state index in [0.29, 0.717) is 5.56 Å². The fraction of sp³-hybridized carbons (Fsp3) is 0.421. The summed E-state index contributed by atoms with van der Waals surface area (Å²) in [5.74, 6) is -0.547. The van der Waals surface area contributed by atoms with Crippen LogP contribution in [0, 0.1) is 5.82 Å². The summed E-state index contributed by atoms with van der Waals surface area (Å²) in [5, 5.41) is 4.20. The van der Waals surface area contributed by atoms with E-state index < -0.39 is 0 Å². The molecule has 25 heavy (non-hydrogen) atoms. The molecule has 1 heterocycles. The second kappa shape index (κ2) is 7.59. The molecule has 0 atom stereocenters. The molecule has 1 aromatic carbocycles. The Kier molecular flexibility index (Phi) is 5.26. The molecule has 1 aromatic heterocycles. The minimum absolute atomic E-state index is 0.130. The summed E-state index contributed by atoms with van der Waals surface area (Å²) in [7, 11) is 1.79. The highest BCUT2D eigenvalue weighted by Gasteiger charge is 2.24. The molecule has 1 fully saturated rings. The van der Waals surface area contributed by atoms with Crippen molar-refractivity contribution in [1.82, 2.24) is 14.7 Å². The quantitative estimate of drug-likeness (QED) is 0.858. The van der Waals surface area contributed by atoms with Crippen molar-refractivity contribution in [2.24, 2.45) is 0 Å². The van der Waals surface area contributed by atoms with Gasteiger partial charge in [-0.25, -0.2) is 9.07 Å². The van der Waals surface area contributed by atoms with Crippen molar-refractivity contribution in [2.45, 2.75) is 44.7 Å². The maximum Gasteiger partial charge on any atom is 0.274 e. The standard InChI is InChI=1S/C19H22FN3O2/c1-22(16-8-3-2-4-9-16)19(25)17-10-11-18(24)23(21-17)13-14-6-5-7-15(20)12-14/h5-7,10-12,16H,2-4,8-9,13H2,1H3. The molecule has 6 heteroatoms. The third-order valence-corrected chi connectivity index (χ3v) is 4.75. The van der Waals surface area contributed by atoms with Crippen LogP contribution in [0.2, 0.25) is 0 Å². The van der Waals surface area contributed by atoms with Crippen LogP contribution < -0.4 is 5.56 Å². The van der Waals surface area contributed by atoms with E-state index >= 15 is 0 Å². The summed E-state index contributed by atoms with van der Waals surface area (Å²) in [4.78, 5) is 26.5. The molecule has 5 nitrogen and oxygen atoms in total. The zero-order valence-corrected chi connectivity index (χ0v) is 14.3. The number of rotatable bonds is 4. The number of halogens is 1. The minimum Gasteiger partial charge on any atom is -0.337 e. The first-order valence-electron chi connectivity index (χ1n) is 8.64. The number of hydrogen-bond acceptors (Lipinski definition) is 3. The van der Waals surface area contributed by atoms with Crippen LogP contribution >= 0.6 is 0 Å². The molecule has 0 N–H and O–H groups in total. The van der Waals surface area contributed by atoms with Crippen LogP contribution in [0.1, 0.15) is 48.2 Å². The number of aromatic nitrogens is 2. The van der Waals surface area contributed by atoms with E-state index in [9.17, 15) is 14.0 Å². The highest BCUT2D eigenvalue weighted by Crippen LogP contribution is 2.22. The molecule has 1 aliphatic carbocycles. The van der Waals surface area contributed by atoms with Gasteiger partial charge in [0.2, 0.25) is 0 Å². The van der Waals surface area contributed by atoms with Gasteiger partial charge < -0.3 is 4.90 Å². The summed E-state index contributed by atoms with van der Waals surface area (Å²) in [5.41, 5.74) is 0.546. The molecule has 0 aliphatic heterocycles. The van der Waals surface area contributed by atoms with Gasteiger partial charge in [0.05, 0.1) is 6.54 Å². The van der Waals surface area contributed by atoms with Crippen molar-refractivity contribution >= 4 is 5.91 Å². The second-order valence-electron chi connectivity index (χ2n) is 6.55. The van der Waals surface area contributed by atoms with Crippen molar-refractivity contribution in [3.63, 3.8) is 0 Å². The molecule has 0 saturated heterocycles. The number of carbonyl (C=O) groups excluding carboxylic acids is 1. The molecule has 0 radical (unpaired) electrons. The highest BCUT2D eigenvalue weighted by atomic mass is 19.1. The first-order chi connectivity index (χ1) is 12.0. The van der Waals surface area contributed by atoms with Gasteiger partial charge in [-0.1, -0.05) is 31.4 Å². The predicted molar refractivity (Wildman–Crippen MR) is 93.0 cm³/mol. The molecule has 0 bridgehead atoms. The third kappa shape index (κ3) is 4.13. The number of carbonyl (C=O) groups is 1. The lowest BCUT2D eigenvalue weighted by atomic mass is 9.94. The summed E-state index contributed by atoms with van der Waals surface area (Å²) in [6, 6.07) is 9.05. The molecule has 0 unspecified atom stereocenters. The summed E-state index contributed by atoms with van der Waals surface area (Å²) in [6.07, 6.45) is 5.50. The molecule has 2 aromatic rings. The lowest BCUT2D eigenvalue weighted by Gasteiger charge is -2.31. The van der Waals surface area contributed by atoms with Gasteiger partial charge in [0.1, 0.15) is 11.5 Å². The van der Waals surface area contributed by atoms with Crippen molar-refractivity contribution in [2.75, 3.05) is 7.05 Å². The zero-order valence-electron chi connectivity index (χ0n) is 14.3. The molecule has 1 amide bonds. The Balaban J connectivity index is 1.80. The van der Waals surface area contributed by atoms with Crippen LogP contribution in [-0.4, -0.2) is 33.7 Å². The Labute approximate surface area is 146 Å². The fourth-order valence-corrected chi connectivity index (χ4v) is 3.30. The predicted octanol–water partition coefficient (Wildman–Crippen LogP) is 2.84. The van der Waals surface area contributed by atoms with Gasteiger partial charge in [-0.2, -0.15) is 5.10 Å². The van der Waals surface area contributed by atoms with Gasteiger partial charge in [0.15, 0.2) is 0 Å². The molecular formula is C19H22FN3O2. The highest BCUT2D eigenvalue weighted by molar-refractivity contribution is 5.92. The van der Waals surface area contributed by atoms with Crippen molar-refractivity contribution in [3.8, 4) is 0 Å². The van der Waals surface area contributed by atoms with Crippen LogP contribution in [0.3, 0.4) is 0 Å². The number of amides is 1. The first-order valence-corrected chi connectivity index (χ1v) is 8.64. The van der Waals surface area contributed by atoms with E-state index in [1.807, 2.05) is 0 Å². The second-order valence-corrected chi connectivity index (χ2v) is 6.55. The topological polar surface area (TPSA) is 55.2 Å². The number of hydrogen-bond donors (Lipinski definition) is 0. The van der Waals surface area contributed by atoms with E-state index in [4.69, 9.17) is 0 Å². The van der Waals surface area contributed by atoms with Gasteiger partial charge in [-0.05, 0) is 36.6 Å². The molecular weight excluding hydrogens is 321 g/mol. The molecule has 3 rings (SSSR count). The van der Waals surface area contributed by atoms with Crippen molar-refractivity contribution < 1.29 is 9.18 Å². The molecule has 132 valence electrons. The summed E-state index contributed by atoms with van der Waals surface area (Å²) in [6.45, 7) is 0.130. The van der Waals surface area contributed by atoms with Crippen molar-refractivity contribution in [3.05, 3.63) is 63.8 Å². The lowest BCUT2D eigenvalue weighted by Crippen LogP contribution is -2.39. The van der Waals surface area contributed by atoms with Crippen LogP contribution in [0.4, 0.5) is 4.39 Å². The average Bonchev–Trinajstić information content (AvgIpc) is 2.63. The smallest absolute Gasteiger partial charge is 0.274 e. The van der Waals surface area contributed by atoms with E-state index in [-0.39, 0.29) is 35.6 Å². The number of nitrogens with zero attached hydrogens (tertiary/aromatic N) is 3. The Morgan fingerprint density at radius 2 is 2.00 bits per heavy atom. The van der Waals surface area contributed by atoms with Crippen molar-refractivity contribution in [1.29, 1.82) is 0 Å². The van der Waals surface area contributed by atoms with Gasteiger partial charge >= 0.3 is 0 Å². The van der Waals surface area contributed by atoms with Crippen LogP contribution in [0.15, 0.2) is 41.2 Å².